The van der Waals surface area contributed by atoms with Crippen molar-refractivity contribution in [1.82, 2.24) is 0 Å². The normalized spacial score (nSPS) is 43.5. The molecule has 0 aromatic rings. The highest BCUT2D eigenvalue weighted by Crippen LogP contribution is 2.76. The molecule has 4 bridgehead atoms. The summed E-state index contributed by atoms with van der Waals surface area (Å²) in [5.74, 6) is -18.1. The minimum absolute atomic E-state index is 0.00335. The first kappa shape index (κ1) is 65.7. The number of fused-ring (bicyclic) bond motifs is 2. The molecule has 10 rings (SSSR count). The Morgan fingerprint density at radius 2 is 0.988 bits per heavy atom. The lowest BCUT2D eigenvalue weighted by Crippen LogP contribution is -2.78. The molecule has 0 aromatic carbocycles. The Morgan fingerprint density at radius 3 is 1.38 bits per heavy atom. The third kappa shape index (κ3) is 9.24. The molecule has 6 aliphatic carbocycles. The van der Waals surface area contributed by atoms with Gasteiger partial charge in [0.1, 0.15) is 30.5 Å². The summed E-state index contributed by atoms with van der Waals surface area (Å²) in [5.41, 5.74) is -6.51. The van der Waals surface area contributed by atoms with Gasteiger partial charge in [-0.15, -0.1) is 0 Å². The molecular weight excluding hydrogens is 1120 g/mol. The number of aliphatic hydroxyl groups is 7. The van der Waals surface area contributed by atoms with E-state index in [1.54, 1.807) is 96.9 Å². The van der Waals surface area contributed by atoms with Crippen LogP contribution in [0.15, 0.2) is 23.3 Å². The average Bonchev–Trinajstić information content (AvgIpc) is 1.35. The Labute approximate surface area is 500 Å². The molecule has 4 aliphatic heterocycles. The molecular formula is C63H90O23. The van der Waals surface area contributed by atoms with E-state index < -0.39 is 194 Å². The van der Waals surface area contributed by atoms with Gasteiger partial charge in [0, 0.05) is 58.2 Å². The lowest BCUT2D eigenvalue weighted by atomic mass is 9.38. The highest BCUT2D eigenvalue weighted by atomic mass is 16.7. The molecule has 8 N–H and O–H groups in total. The number of ketones is 2. The topological polar surface area (TPSA) is 363 Å². The number of carbonyl (C=O) groups excluding carboxylic acids is 7. The van der Waals surface area contributed by atoms with Gasteiger partial charge in [0.05, 0.1) is 37.3 Å². The number of hydrogen-bond acceptors (Lipinski definition) is 22. The molecule has 0 radical (unpaired) electrons. The van der Waals surface area contributed by atoms with Crippen LogP contribution in [0.1, 0.15) is 142 Å². The van der Waals surface area contributed by atoms with E-state index in [2.05, 4.69) is 0 Å². The maximum Gasteiger partial charge on any atom is 0.348 e. The maximum atomic E-state index is 13.7. The number of aliphatic carboxylic acids is 1. The summed E-state index contributed by atoms with van der Waals surface area (Å²) in [4.78, 5) is 105. The number of allylic oxidation sites excluding steroid dienone is 2. The molecule has 23 nitrogen and oxygen atoms in total. The van der Waals surface area contributed by atoms with Gasteiger partial charge in [0.25, 0.3) is 0 Å². The second kappa shape index (κ2) is 22.0. The number of esters is 5. The summed E-state index contributed by atoms with van der Waals surface area (Å²) in [6.45, 7) is 24.3. The summed E-state index contributed by atoms with van der Waals surface area (Å²) in [6.07, 6.45) is -8.62. The summed E-state index contributed by atoms with van der Waals surface area (Å²) in [7, 11) is 0. The van der Waals surface area contributed by atoms with Crippen molar-refractivity contribution < 1.29 is 112 Å². The Balaban J connectivity index is 0.000000209. The van der Waals surface area contributed by atoms with E-state index in [4.69, 9.17) is 38.3 Å². The molecule has 2 spiro atoms. The van der Waals surface area contributed by atoms with Crippen LogP contribution in [0.5, 0.6) is 0 Å². The second-order valence-electron chi connectivity index (χ2n) is 28.9. The zero-order valence-corrected chi connectivity index (χ0v) is 51.8. The fourth-order valence-corrected chi connectivity index (χ4v) is 19.2. The highest BCUT2D eigenvalue weighted by Gasteiger charge is 2.86. The van der Waals surface area contributed by atoms with Gasteiger partial charge in [-0.3, -0.25) is 28.8 Å². The van der Waals surface area contributed by atoms with Gasteiger partial charge >= 0.3 is 35.8 Å². The van der Waals surface area contributed by atoms with Crippen LogP contribution in [0.25, 0.3) is 0 Å². The summed E-state index contributed by atoms with van der Waals surface area (Å²) < 4.78 is 41.6. The monoisotopic (exact) mass is 1210 g/mol. The van der Waals surface area contributed by atoms with Crippen LogP contribution >= 0.6 is 0 Å². The Kier molecular flexibility index (Phi) is 16.8. The third-order valence-corrected chi connectivity index (χ3v) is 23.6. The van der Waals surface area contributed by atoms with Crippen LogP contribution in [-0.2, 0) is 71.5 Å². The van der Waals surface area contributed by atoms with E-state index in [0.717, 1.165) is 0 Å². The van der Waals surface area contributed by atoms with Gasteiger partial charge in [0.15, 0.2) is 29.2 Å². The second-order valence-corrected chi connectivity index (χ2v) is 28.9. The fourth-order valence-electron chi connectivity index (χ4n) is 19.2. The van der Waals surface area contributed by atoms with Gasteiger partial charge in [0.2, 0.25) is 12.2 Å². The van der Waals surface area contributed by atoms with E-state index in [1.807, 2.05) is 0 Å². The standard InChI is InChI=1S/C34H48O13.C29H42O10/c1-15(2)33(42,16(3)4)13-24(39)46-26-25-18(6)27(40)34(43)30-31(7)19(12-21(45-29(26)41)32(25,30)14-44-34)17(5)11-20(35)28(31)47-23(38)10-8-9-22(36)37;1-12(2)28(35,13(3)4)10-19(31)39-21-20-15(6)22(32)29(36)25-26(7)16(14(5)8-17(30)23(26)33)9-18(38-24(21)34)27(20,25)11-37-29/h11,15-16,18-19,21,25-28,30,40,42-43H,8-10,12-14H2,1-7H3,(H,36,37);8,12-13,15-16,18,20-23,25,32-33,35-36H,9-11H2,1-7H3/t18-,19+,21-,25?,26?,27-,28-,30?,31-,32+,34-;15-,16+,18-,20?,21?,22-,23-,25?,26-,27+,29-/m11/s1. The highest BCUT2D eigenvalue weighted by molar-refractivity contribution is 5.98. The SMILES string of the molecule is CC1=CC(=O)[C@@H](O)[C@]2(C)C3[C@]45CO[C@]3(O)[C@H](O)[C@H](C)C4C(OC(=O)CC(O)(C(C)C)C(C)C)C(=O)O[C@@H]5C[C@@H]12.CC1=CC(=O)[C@@H](OC(=O)CCCC(=O)O)[C@]2(C)C3[C@]45CO[C@]3(O)[C@H](O)[C@H](C)C4C(OC(=O)CC(O)(C(C)C)C(C)C)C(=O)O[C@@H]5C[C@@H]12. The minimum Gasteiger partial charge on any atom is -0.481 e. The molecule has 480 valence electrons. The molecule has 0 amide bonds. The van der Waals surface area contributed by atoms with Crippen LogP contribution in [0.3, 0.4) is 0 Å². The smallest absolute Gasteiger partial charge is 0.348 e. The Hall–Kier alpha value is -4.72. The predicted octanol–water partition coefficient (Wildman–Crippen LogP) is 3.05. The van der Waals surface area contributed by atoms with Crippen LogP contribution < -0.4 is 0 Å². The number of carboxylic acid groups (broad SMARTS) is 1. The zero-order valence-electron chi connectivity index (χ0n) is 51.8. The first-order chi connectivity index (χ1) is 39.7. The Morgan fingerprint density at radius 1 is 0.605 bits per heavy atom. The van der Waals surface area contributed by atoms with E-state index in [0.29, 0.717) is 11.1 Å². The maximum absolute atomic E-state index is 13.7. The molecule has 22 atom stereocenters. The molecule has 0 aromatic heterocycles. The minimum atomic E-state index is -2.25. The fraction of sp³-hybridized carbons (Fsp3) is 0.810. The quantitative estimate of drug-likeness (QED) is 0.0863. The molecule has 8 fully saturated rings. The Bertz CT molecular complexity index is 2840. The molecule has 6 unspecified atom stereocenters. The summed E-state index contributed by atoms with van der Waals surface area (Å²) >= 11 is 0. The van der Waals surface area contributed by atoms with E-state index in [9.17, 15) is 74.1 Å². The van der Waals surface area contributed by atoms with Gasteiger partial charge in [-0.2, -0.15) is 0 Å². The number of carbonyl (C=O) groups is 8. The first-order valence-corrected chi connectivity index (χ1v) is 30.6. The van der Waals surface area contributed by atoms with Crippen molar-refractivity contribution in [1.29, 1.82) is 0 Å². The number of rotatable bonds is 15. The van der Waals surface area contributed by atoms with Crippen molar-refractivity contribution in [3.05, 3.63) is 23.3 Å². The van der Waals surface area contributed by atoms with Gasteiger partial charge < -0.3 is 74.0 Å². The van der Waals surface area contributed by atoms with Crippen molar-refractivity contribution in [2.45, 2.75) is 213 Å². The van der Waals surface area contributed by atoms with Crippen molar-refractivity contribution >= 4 is 47.4 Å². The number of aliphatic hydroxyl groups excluding tert-OH is 3. The van der Waals surface area contributed by atoms with E-state index in [-0.39, 0.29) is 75.4 Å². The van der Waals surface area contributed by atoms with Crippen LogP contribution in [0, 0.1) is 92.7 Å². The molecule has 86 heavy (non-hydrogen) atoms. The van der Waals surface area contributed by atoms with Crippen molar-refractivity contribution in [3.8, 4) is 0 Å². The molecule has 4 heterocycles. The van der Waals surface area contributed by atoms with E-state index in [1.165, 1.54) is 12.2 Å². The number of hydrogen-bond donors (Lipinski definition) is 8. The molecule has 10 aliphatic rings. The molecule has 23 heteroatoms. The number of carboxylic acids is 1. The van der Waals surface area contributed by atoms with Crippen molar-refractivity contribution in [3.63, 3.8) is 0 Å². The molecule has 4 saturated heterocycles. The van der Waals surface area contributed by atoms with Crippen LogP contribution in [0.2, 0.25) is 0 Å². The predicted molar refractivity (Wildman–Crippen MR) is 296 cm³/mol. The zero-order chi connectivity index (χ0) is 64.0. The average molecular weight is 1220 g/mol. The van der Waals surface area contributed by atoms with Gasteiger partial charge in [-0.25, -0.2) is 9.59 Å². The number of ether oxygens (including phenoxy) is 7. The largest absolute Gasteiger partial charge is 0.481 e. The lowest BCUT2D eigenvalue weighted by Gasteiger charge is -2.68. The van der Waals surface area contributed by atoms with Crippen molar-refractivity contribution in [2.24, 2.45) is 92.7 Å². The van der Waals surface area contributed by atoms with Crippen LogP contribution in [-0.4, -0.2) is 173 Å². The lowest BCUT2D eigenvalue weighted by molar-refractivity contribution is -0.340. The summed E-state index contributed by atoms with van der Waals surface area (Å²) in [5, 5.41) is 90.2. The third-order valence-electron chi connectivity index (χ3n) is 23.6. The van der Waals surface area contributed by atoms with E-state index >= 15 is 0 Å². The van der Waals surface area contributed by atoms with Crippen molar-refractivity contribution in [2.75, 3.05) is 13.2 Å². The molecule has 4 saturated carbocycles. The van der Waals surface area contributed by atoms with Gasteiger partial charge in [-0.05, 0) is 92.6 Å². The van der Waals surface area contributed by atoms with Crippen LogP contribution in [0.4, 0.5) is 0 Å². The summed E-state index contributed by atoms with van der Waals surface area (Å²) in [6, 6.07) is 0. The van der Waals surface area contributed by atoms with Gasteiger partial charge in [-0.1, -0.05) is 94.2 Å². The first-order valence-electron chi connectivity index (χ1n) is 30.6.